The molecule has 4 nitrogen and oxygen atoms in total. The van der Waals surface area contributed by atoms with E-state index in [9.17, 15) is 9.65 Å². The number of hydrogen-bond acceptors (Lipinski definition) is 4. The van der Waals surface area contributed by atoms with Gasteiger partial charge >= 0.3 is 0 Å². The van der Waals surface area contributed by atoms with Crippen molar-refractivity contribution >= 4 is 46.3 Å². The van der Waals surface area contributed by atoms with E-state index in [0.717, 1.165) is 0 Å². The molecule has 1 heterocycles. The van der Waals surface area contributed by atoms with E-state index in [1.807, 2.05) is 0 Å². The topological polar surface area (TPSA) is 57.9 Å². The summed E-state index contributed by atoms with van der Waals surface area (Å²) in [6, 6.07) is 11.8. The van der Waals surface area contributed by atoms with Gasteiger partial charge in [-0.15, -0.1) is 12.4 Å². The van der Waals surface area contributed by atoms with Crippen LogP contribution < -0.4 is 10.1 Å². The van der Waals surface area contributed by atoms with E-state index < -0.39 is 5.82 Å². The van der Waals surface area contributed by atoms with Crippen molar-refractivity contribution in [2.24, 2.45) is 0 Å². The first-order valence-electron chi connectivity index (χ1n) is 6.72. The molecule has 3 rings (SSSR count). The number of nitrogens with one attached hydrogen (secondary N) is 1. The average molecular weight is 364 g/mol. The van der Waals surface area contributed by atoms with Crippen LogP contribution >= 0.6 is 24.0 Å². The molecule has 0 aliphatic rings. The van der Waals surface area contributed by atoms with Gasteiger partial charge in [-0.2, -0.15) is 5.26 Å². The largest absolute Gasteiger partial charge is 0.495 e. The number of nitrogens with zero attached hydrogens (tertiary/aromatic N) is 2. The Morgan fingerprint density at radius 1 is 1.29 bits per heavy atom. The molecule has 0 saturated heterocycles. The fourth-order valence-electron chi connectivity index (χ4n) is 2.29. The lowest BCUT2D eigenvalue weighted by molar-refractivity contribution is 0.415. The van der Waals surface area contributed by atoms with Crippen molar-refractivity contribution in [3.63, 3.8) is 0 Å². The van der Waals surface area contributed by atoms with Gasteiger partial charge in [-0.05, 0) is 24.3 Å². The monoisotopic (exact) mass is 363 g/mol. The van der Waals surface area contributed by atoms with E-state index in [0.29, 0.717) is 33.1 Å². The van der Waals surface area contributed by atoms with E-state index >= 15 is 0 Å². The molecule has 0 radical (unpaired) electrons. The molecule has 122 valence electrons. The number of rotatable bonds is 3. The standard InChI is InChI=1S/C17H11ClFN3O.ClH/c1-23-15-6-5-11(7-13(15)18)22-16-10(8-20)9-21-17-12(16)3-2-4-14(17)19;/h2-7,9H,1H3,(H,21,22);1H. The highest BCUT2D eigenvalue weighted by Gasteiger charge is 2.12. The zero-order valence-corrected chi connectivity index (χ0v) is 14.1. The molecular formula is C17H12Cl2FN3O. The van der Waals surface area contributed by atoms with Crippen LogP contribution in [0.15, 0.2) is 42.6 Å². The molecule has 1 aromatic heterocycles. The van der Waals surface area contributed by atoms with Gasteiger partial charge in [0.15, 0.2) is 0 Å². The third-order valence-electron chi connectivity index (χ3n) is 3.39. The predicted molar refractivity (Wildman–Crippen MR) is 95.0 cm³/mol. The quantitative estimate of drug-likeness (QED) is 0.705. The molecule has 3 aromatic rings. The number of fused-ring (bicyclic) bond motifs is 1. The summed E-state index contributed by atoms with van der Waals surface area (Å²) in [5, 5.41) is 13.4. The van der Waals surface area contributed by atoms with Crippen molar-refractivity contribution in [3.05, 3.63) is 59.0 Å². The molecule has 1 N–H and O–H groups in total. The summed E-state index contributed by atoms with van der Waals surface area (Å²) in [5.41, 5.74) is 1.66. The second-order valence-corrected chi connectivity index (χ2v) is 5.18. The van der Waals surface area contributed by atoms with Gasteiger partial charge in [0, 0.05) is 17.3 Å². The molecule has 0 atom stereocenters. The number of halogens is 3. The van der Waals surface area contributed by atoms with Crippen molar-refractivity contribution in [2.45, 2.75) is 0 Å². The van der Waals surface area contributed by atoms with E-state index in [-0.39, 0.29) is 17.9 Å². The van der Waals surface area contributed by atoms with E-state index in [4.69, 9.17) is 16.3 Å². The molecule has 0 saturated carbocycles. The molecule has 0 amide bonds. The molecule has 0 fully saturated rings. The number of anilines is 2. The minimum atomic E-state index is -0.442. The van der Waals surface area contributed by atoms with Crippen molar-refractivity contribution < 1.29 is 9.13 Å². The maximum Gasteiger partial charge on any atom is 0.149 e. The van der Waals surface area contributed by atoms with Crippen molar-refractivity contribution in [1.82, 2.24) is 4.98 Å². The lowest BCUT2D eigenvalue weighted by atomic mass is 10.1. The first kappa shape index (κ1) is 17.8. The van der Waals surface area contributed by atoms with E-state index in [1.165, 1.54) is 19.4 Å². The molecule has 7 heteroatoms. The third kappa shape index (κ3) is 3.21. The molecule has 0 spiro atoms. The SMILES string of the molecule is COc1ccc(Nc2c(C#N)cnc3c(F)cccc23)cc1Cl.Cl. The van der Waals surface area contributed by atoms with Crippen LogP contribution in [-0.4, -0.2) is 12.1 Å². The van der Waals surface area contributed by atoms with Crippen molar-refractivity contribution in [3.8, 4) is 11.8 Å². The molecule has 0 bridgehead atoms. The Balaban J connectivity index is 0.00000208. The Bertz CT molecular complexity index is 941. The van der Waals surface area contributed by atoms with Crippen LogP contribution in [0.1, 0.15) is 5.56 Å². The van der Waals surface area contributed by atoms with Crippen LogP contribution in [0.2, 0.25) is 5.02 Å². The Morgan fingerprint density at radius 2 is 2.08 bits per heavy atom. The zero-order valence-electron chi connectivity index (χ0n) is 12.5. The van der Waals surface area contributed by atoms with Gasteiger partial charge in [-0.25, -0.2) is 4.39 Å². The normalized spacial score (nSPS) is 9.92. The molecule has 24 heavy (non-hydrogen) atoms. The second-order valence-electron chi connectivity index (χ2n) is 4.77. The predicted octanol–water partition coefficient (Wildman–Crippen LogP) is 5.07. The second kappa shape index (κ2) is 7.35. The van der Waals surface area contributed by atoms with Crippen LogP contribution in [0, 0.1) is 17.1 Å². The third-order valence-corrected chi connectivity index (χ3v) is 3.69. The summed E-state index contributed by atoms with van der Waals surface area (Å²) in [7, 11) is 1.53. The fraction of sp³-hybridized carbons (Fsp3) is 0.0588. The van der Waals surface area contributed by atoms with Gasteiger partial charge in [0.1, 0.15) is 23.2 Å². The molecule has 2 aromatic carbocycles. The first-order valence-corrected chi connectivity index (χ1v) is 7.09. The van der Waals surface area contributed by atoms with Gasteiger partial charge in [0.05, 0.1) is 23.4 Å². The van der Waals surface area contributed by atoms with Crippen LogP contribution in [0.5, 0.6) is 5.75 Å². The van der Waals surface area contributed by atoms with Crippen molar-refractivity contribution in [1.29, 1.82) is 5.26 Å². The van der Waals surface area contributed by atoms with E-state index in [2.05, 4.69) is 16.4 Å². The summed E-state index contributed by atoms with van der Waals surface area (Å²) in [6.45, 7) is 0. The summed E-state index contributed by atoms with van der Waals surface area (Å²) in [4.78, 5) is 4.02. The van der Waals surface area contributed by atoms with Crippen molar-refractivity contribution in [2.75, 3.05) is 12.4 Å². The van der Waals surface area contributed by atoms with Gasteiger partial charge in [0.2, 0.25) is 0 Å². The number of hydrogen-bond donors (Lipinski definition) is 1. The number of para-hydroxylation sites is 1. The molecular weight excluding hydrogens is 352 g/mol. The highest BCUT2D eigenvalue weighted by atomic mass is 35.5. The minimum Gasteiger partial charge on any atom is -0.495 e. The Morgan fingerprint density at radius 3 is 2.75 bits per heavy atom. The highest BCUT2D eigenvalue weighted by molar-refractivity contribution is 6.32. The van der Waals surface area contributed by atoms with Gasteiger partial charge in [-0.1, -0.05) is 23.7 Å². The zero-order chi connectivity index (χ0) is 16.4. The Hall–Kier alpha value is -2.55. The summed E-state index contributed by atoms with van der Waals surface area (Å²) >= 11 is 6.11. The molecule has 0 aliphatic carbocycles. The summed E-state index contributed by atoms with van der Waals surface area (Å²) in [5.74, 6) is 0.103. The van der Waals surface area contributed by atoms with Gasteiger partial charge in [-0.3, -0.25) is 4.98 Å². The van der Waals surface area contributed by atoms with E-state index in [1.54, 1.807) is 30.3 Å². The summed E-state index contributed by atoms with van der Waals surface area (Å²) < 4.78 is 19.0. The first-order chi connectivity index (χ1) is 11.1. The average Bonchev–Trinajstić information content (AvgIpc) is 2.56. The number of pyridine rings is 1. The lowest BCUT2D eigenvalue weighted by Crippen LogP contribution is -1.98. The Labute approximate surface area is 149 Å². The maximum absolute atomic E-state index is 13.9. The van der Waals surface area contributed by atoms with Crippen LogP contribution in [-0.2, 0) is 0 Å². The number of aromatic nitrogens is 1. The number of benzene rings is 2. The number of ether oxygens (including phenoxy) is 1. The van der Waals surface area contributed by atoms with Crippen LogP contribution in [0.25, 0.3) is 10.9 Å². The van der Waals surface area contributed by atoms with Gasteiger partial charge < -0.3 is 10.1 Å². The lowest BCUT2D eigenvalue weighted by Gasteiger charge is -2.13. The highest BCUT2D eigenvalue weighted by Crippen LogP contribution is 2.33. The smallest absolute Gasteiger partial charge is 0.149 e. The van der Waals surface area contributed by atoms with Crippen LogP contribution in [0.4, 0.5) is 15.8 Å². The minimum absolute atomic E-state index is 0. The summed E-state index contributed by atoms with van der Waals surface area (Å²) in [6.07, 6.45) is 1.35. The maximum atomic E-state index is 13.9. The molecule has 0 aliphatic heterocycles. The fourth-order valence-corrected chi connectivity index (χ4v) is 2.55. The van der Waals surface area contributed by atoms with Gasteiger partial charge in [0.25, 0.3) is 0 Å². The van der Waals surface area contributed by atoms with Crippen LogP contribution in [0.3, 0.4) is 0 Å². The number of methoxy groups -OCH3 is 1. The molecule has 0 unspecified atom stereocenters. The number of nitriles is 1. The Kier molecular flexibility index (Phi) is 5.45.